The lowest BCUT2D eigenvalue weighted by molar-refractivity contribution is 0.669. The first-order chi connectivity index (χ1) is 71.3. The Kier molecular flexibility index (Phi) is 19.9. The van der Waals surface area contributed by atoms with Gasteiger partial charge in [0.15, 0.2) is 0 Å². The van der Waals surface area contributed by atoms with Crippen LogP contribution in [0.1, 0.15) is 0 Å². The van der Waals surface area contributed by atoms with Crippen LogP contribution in [0.3, 0.4) is 0 Å². The molecule has 0 amide bonds. The number of rotatable bonds is 8. The van der Waals surface area contributed by atoms with Crippen LogP contribution in [-0.4, -0.2) is 39.9 Å². The Morgan fingerprint density at radius 1 is 0.132 bits per heavy atom. The van der Waals surface area contributed by atoms with E-state index in [1.807, 2.05) is 139 Å². The summed E-state index contributed by atoms with van der Waals surface area (Å²) in [5.74, 6) is 0. The molecule has 0 aliphatic rings. The van der Waals surface area contributed by atoms with Crippen LogP contribution in [0.2, 0.25) is 0 Å². The van der Waals surface area contributed by atoms with Crippen LogP contribution in [0.15, 0.2) is 486 Å². The summed E-state index contributed by atoms with van der Waals surface area (Å²) in [5, 5.41) is 25.6. The molecule has 0 fully saturated rings. The Morgan fingerprint density at radius 3 is 0.743 bits per heavy atom. The number of thiophene rings is 1. The number of fused-ring (bicyclic) bond motifs is 26. The summed E-state index contributed by atoms with van der Waals surface area (Å²) in [5.41, 5.74) is 28.2. The quantitative estimate of drug-likeness (QED) is 0.134. The molecule has 8 aromatic heterocycles. The van der Waals surface area contributed by atoms with Crippen LogP contribution in [0, 0.1) is 0 Å². The van der Waals surface area contributed by atoms with Gasteiger partial charge in [-0.3, -0.25) is 0 Å². The zero-order valence-corrected chi connectivity index (χ0v) is 78.1. The van der Waals surface area contributed by atoms with Gasteiger partial charge >= 0.3 is 0 Å². The van der Waals surface area contributed by atoms with Crippen molar-refractivity contribution < 1.29 is 13.3 Å². The minimum Gasteiger partial charge on any atom is -0.456 e. The van der Waals surface area contributed by atoms with Crippen molar-refractivity contribution in [1.29, 1.82) is 0 Å². The number of furan rings is 3. The number of nitrogens with zero attached hydrogens (tertiary/aromatic N) is 8. The number of hydrogen-bond acceptors (Lipinski definition) is 12. The Bertz CT molecular complexity index is 10300. The highest BCUT2D eigenvalue weighted by Crippen LogP contribution is 2.46. The first-order valence-corrected chi connectivity index (χ1v) is 49.1. The van der Waals surface area contributed by atoms with Gasteiger partial charge < -0.3 is 13.3 Å². The summed E-state index contributed by atoms with van der Waals surface area (Å²) >= 11 is 1.85. The predicted molar refractivity (Wildman–Crippen MR) is 599 cm³/mol. The highest BCUT2D eigenvalue weighted by atomic mass is 32.1. The fourth-order valence-corrected chi connectivity index (χ4v) is 22.0. The van der Waals surface area contributed by atoms with E-state index in [1.165, 1.54) is 52.5 Å². The van der Waals surface area contributed by atoms with Crippen molar-refractivity contribution in [2.24, 2.45) is 0 Å². The fraction of sp³-hybridized carbons (Fsp3) is 0. The van der Waals surface area contributed by atoms with E-state index >= 15 is 0 Å². The summed E-state index contributed by atoms with van der Waals surface area (Å²) in [6, 6.07) is 164. The average Bonchev–Trinajstić information content (AvgIpc) is 1.49. The van der Waals surface area contributed by atoms with Crippen LogP contribution in [0.25, 0.3) is 296 Å². The average molecular weight is 1860 g/mol. The molecule has 11 nitrogen and oxygen atoms in total. The summed E-state index contributed by atoms with van der Waals surface area (Å²) in [4.78, 5) is 41.3. The molecule has 0 spiro atoms. The second-order valence-electron chi connectivity index (χ2n) is 36.6. The molecular weight excluding hydrogens is 1780 g/mol. The second-order valence-corrected chi connectivity index (χ2v) is 37.7. The maximum absolute atomic E-state index is 6.18. The van der Waals surface area contributed by atoms with Gasteiger partial charge in [0.05, 0.1) is 89.7 Å². The summed E-state index contributed by atoms with van der Waals surface area (Å²) in [6.07, 6.45) is 0. The molecule has 0 unspecified atom stereocenters. The Balaban J connectivity index is 0.0000000935. The van der Waals surface area contributed by atoms with Crippen molar-refractivity contribution in [3.8, 4) is 90.1 Å². The molecule has 0 atom stereocenters. The third-order valence-electron chi connectivity index (χ3n) is 27.9. The largest absolute Gasteiger partial charge is 0.456 e. The standard InChI is InChI=1S/2C34H20N2O.C34H20N2S.C30H18N2O/c1-2-9-22(10-3-1)32-33(35-29-17-16-21-8-4-5-11-26(21)34(29)36-32)24-15-14-23-19-28-27-12-6-7-13-30(27)37-31(28)20-25(23)18-24;2*1-2-9-22(10-3-1)32-33(36-34-26-11-5-4-8-21(26)16-17-29(34)35-32)24-15-14-23-19-28-27-12-6-7-13-30(27)37-31(28)20-25(23)18-24;1-2-8-19(9-3-1)29-30(32-26-12-6-5-11-25(26)31-29)21-15-14-20-17-24-23-10-4-7-13-27(23)33-28(24)18-22(20)16-21/h3*1-20H;1-18H. The van der Waals surface area contributed by atoms with E-state index in [1.54, 1.807) is 0 Å². The van der Waals surface area contributed by atoms with Crippen molar-refractivity contribution in [3.05, 3.63) is 473 Å². The van der Waals surface area contributed by atoms with Gasteiger partial charge in [-0.1, -0.05) is 346 Å². The van der Waals surface area contributed by atoms with Crippen LogP contribution >= 0.6 is 11.3 Å². The number of hydrogen-bond donors (Lipinski definition) is 0. The van der Waals surface area contributed by atoms with Crippen LogP contribution < -0.4 is 0 Å². The van der Waals surface area contributed by atoms with Crippen molar-refractivity contribution in [2.45, 2.75) is 0 Å². The molecule has 0 radical (unpaired) electrons. The van der Waals surface area contributed by atoms with E-state index in [2.05, 4.69) is 346 Å². The minimum absolute atomic E-state index is 0.876. The van der Waals surface area contributed by atoms with Crippen LogP contribution in [0.4, 0.5) is 0 Å². The number of aromatic nitrogens is 8. The molecule has 31 rings (SSSR count). The van der Waals surface area contributed by atoms with Gasteiger partial charge in [0, 0.05) is 113 Å². The van der Waals surface area contributed by atoms with Crippen LogP contribution in [0.5, 0.6) is 0 Å². The van der Waals surface area contributed by atoms with Gasteiger partial charge in [-0.15, -0.1) is 11.3 Å². The highest BCUT2D eigenvalue weighted by molar-refractivity contribution is 7.25. The second kappa shape index (κ2) is 34.5. The molecule has 0 saturated heterocycles. The summed E-state index contributed by atoms with van der Waals surface area (Å²) < 4.78 is 21.1. The lowest BCUT2D eigenvalue weighted by Gasteiger charge is -2.13. The fourth-order valence-electron chi connectivity index (χ4n) is 20.8. The monoisotopic (exact) mass is 1850 g/mol. The molecular formula is C132H78N8O3S. The Hall–Kier alpha value is -19.1. The molecule has 8 heterocycles. The van der Waals surface area contributed by atoms with Crippen molar-refractivity contribution in [1.82, 2.24) is 39.9 Å². The lowest BCUT2D eigenvalue weighted by Crippen LogP contribution is -1.96. The van der Waals surface area contributed by atoms with Crippen molar-refractivity contribution in [2.75, 3.05) is 0 Å². The van der Waals surface area contributed by atoms with Crippen molar-refractivity contribution in [3.63, 3.8) is 0 Å². The van der Waals surface area contributed by atoms with Gasteiger partial charge in [-0.2, -0.15) is 0 Å². The van der Waals surface area contributed by atoms with Gasteiger partial charge in [-0.25, -0.2) is 39.9 Å². The molecule has 144 heavy (non-hydrogen) atoms. The summed E-state index contributed by atoms with van der Waals surface area (Å²) in [6.45, 7) is 0. The molecule has 0 N–H and O–H groups in total. The molecule has 31 aromatic rings. The highest BCUT2D eigenvalue weighted by Gasteiger charge is 2.24. The first-order valence-electron chi connectivity index (χ1n) is 48.3. The molecule has 0 aliphatic heterocycles. The molecule has 670 valence electrons. The number of benzene rings is 23. The zero-order valence-electron chi connectivity index (χ0n) is 77.2. The third-order valence-corrected chi connectivity index (χ3v) is 29.0. The first kappa shape index (κ1) is 83.1. The molecule has 23 aromatic carbocycles. The van der Waals surface area contributed by atoms with E-state index in [0.717, 1.165) is 243 Å². The normalized spacial score (nSPS) is 11.8. The zero-order chi connectivity index (χ0) is 94.8. The van der Waals surface area contributed by atoms with E-state index in [-0.39, 0.29) is 0 Å². The topological polar surface area (TPSA) is 143 Å². The third kappa shape index (κ3) is 14.7. The molecule has 12 heteroatoms. The lowest BCUT2D eigenvalue weighted by atomic mass is 9.99. The SMILES string of the molecule is c1ccc(-c2nc3c(ccc4ccccc43)nc2-c2ccc3cc4c(cc3c2)oc2ccccc24)cc1.c1ccc(-c2nc3ccc4ccccc4c3nc2-c2ccc3cc4c(cc3c2)oc2ccccc24)cc1.c1ccc(-c2nc3ccc4ccccc4c3nc2-c2ccc3cc4c(cc3c2)sc2ccccc24)cc1.c1ccc(-c2nc3ccccc3nc2-c2ccc3cc4c(cc3c2)oc2ccccc24)cc1. The predicted octanol–water partition coefficient (Wildman–Crippen LogP) is 36.0. The maximum atomic E-state index is 6.18. The van der Waals surface area contributed by atoms with Gasteiger partial charge in [0.25, 0.3) is 0 Å². The van der Waals surface area contributed by atoms with Gasteiger partial charge in [0.1, 0.15) is 33.5 Å². The van der Waals surface area contributed by atoms with E-state index in [0.29, 0.717) is 0 Å². The van der Waals surface area contributed by atoms with Gasteiger partial charge in [0.2, 0.25) is 0 Å². The molecule has 0 saturated carbocycles. The van der Waals surface area contributed by atoms with E-state index < -0.39 is 0 Å². The minimum atomic E-state index is 0.876. The Morgan fingerprint density at radius 2 is 0.389 bits per heavy atom. The smallest absolute Gasteiger partial charge is 0.136 e. The Labute approximate surface area is 827 Å². The van der Waals surface area contributed by atoms with Gasteiger partial charge in [-0.05, 0) is 187 Å². The van der Waals surface area contributed by atoms with Crippen LogP contribution in [-0.2, 0) is 0 Å². The molecule has 0 aliphatic carbocycles. The van der Waals surface area contributed by atoms with E-state index in [4.69, 9.17) is 53.1 Å². The summed E-state index contributed by atoms with van der Waals surface area (Å²) in [7, 11) is 0. The van der Waals surface area contributed by atoms with E-state index in [9.17, 15) is 0 Å². The van der Waals surface area contributed by atoms with Crippen molar-refractivity contribution >= 4 is 217 Å². The number of para-hydroxylation sites is 5. The maximum Gasteiger partial charge on any atom is 0.136 e. The molecule has 0 bridgehead atoms.